The van der Waals surface area contributed by atoms with Crippen molar-refractivity contribution in [3.05, 3.63) is 42.7 Å². The fourth-order valence-electron chi connectivity index (χ4n) is 4.58. The van der Waals surface area contributed by atoms with Gasteiger partial charge in [0, 0.05) is 6.07 Å². The second-order valence-corrected chi connectivity index (χ2v) is 12.7. The number of nitrogen functional groups attached to an aromatic ring is 1. The van der Waals surface area contributed by atoms with Gasteiger partial charge in [-0.05, 0) is 6.07 Å². The number of pyridine rings is 1. The highest BCUT2D eigenvalue weighted by Gasteiger charge is 2.50. The highest BCUT2D eigenvalue weighted by Crippen LogP contribution is 2.60. The van der Waals surface area contributed by atoms with E-state index in [1.807, 2.05) is 0 Å². The van der Waals surface area contributed by atoms with Gasteiger partial charge in [-0.15, -0.1) is 0 Å². The van der Waals surface area contributed by atoms with Gasteiger partial charge in [-0.2, -0.15) is 8.88 Å². The van der Waals surface area contributed by atoms with Crippen molar-refractivity contribution in [3.8, 4) is 0 Å². The fraction of sp³-hybridized carbons (Fsp3) is 0.476. The third-order valence-electron chi connectivity index (χ3n) is 6.75. The zero-order chi connectivity index (χ0) is 32.0. The number of ether oxygens (including phenoxy) is 2. The number of primary amides is 1. The third-order valence-corrected chi connectivity index (χ3v) is 9.35. The number of nitrogens with two attached hydrogens (primary N) is 2. The second-order valence-electron chi connectivity index (χ2n) is 9.69. The first-order valence-electron chi connectivity index (χ1n) is 12.6. The lowest BCUT2D eigenvalue weighted by molar-refractivity contribution is -0.765. The van der Waals surface area contributed by atoms with Gasteiger partial charge >= 0.3 is 15.6 Å². The first-order valence-corrected chi connectivity index (χ1v) is 15.6. The van der Waals surface area contributed by atoms with Crippen molar-refractivity contribution < 1.29 is 71.5 Å². The lowest BCUT2D eigenvalue weighted by Crippen LogP contribution is -2.46. The van der Waals surface area contributed by atoms with Crippen LogP contribution in [0.25, 0.3) is 11.2 Å². The molecule has 2 aliphatic rings. The number of carbonyl (C=O) groups is 1. The lowest BCUT2D eigenvalue weighted by atomic mass is 10.1. The minimum atomic E-state index is -5.37. The molecular weight excluding hydrogens is 636 g/mol. The highest BCUT2D eigenvalue weighted by atomic mass is 31.3. The van der Waals surface area contributed by atoms with Gasteiger partial charge in [-0.3, -0.25) is 18.4 Å². The smallest absolute Gasteiger partial charge is 0.387 e. The van der Waals surface area contributed by atoms with Gasteiger partial charge in [-0.25, -0.2) is 24.1 Å². The summed E-state index contributed by atoms with van der Waals surface area (Å²) in [6.45, 7) is -1.80. The molecule has 0 saturated carbocycles. The zero-order valence-electron chi connectivity index (χ0n) is 22.2. The van der Waals surface area contributed by atoms with E-state index < -0.39 is 83.8 Å². The first-order chi connectivity index (χ1) is 20.7. The number of amides is 1. The molecule has 3 aromatic rings. The maximum absolute atomic E-state index is 12.4. The molecule has 21 nitrogen and oxygen atoms in total. The van der Waals surface area contributed by atoms with Gasteiger partial charge in [0.25, 0.3) is 12.1 Å². The number of anilines is 1. The van der Waals surface area contributed by atoms with Crippen LogP contribution in [0.5, 0.6) is 0 Å². The number of aliphatic hydroxyl groups excluding tert-OH is 4. The second kappa shape index (κ2) is 12.4. The Labute approximate surface area is 246 Å². The Morgan fingerprint density at radius 3 is 2.27 bits per heavy atom. The molecule has 2 unspecified atom stereocenters. The van der Waals surface area contributed by atoms with Crippen LogP contribution in [0.15, 0.2) is 37.2 Å². The quantitative estimate of drug-likeness (QED) is 0.0747. The zero-order valence-corrected chi connectivity index (χ0v) is 24.0. The van der Waals surface area contributed by atoms with Crippen LogP contribution in [0, 0.1) is 0 Å². The monoisotopic (exact) mass is 664 g/mol. The van der Waals surface area contributed by atoms with Crippen molar-refractivity contribution >= 4 is 38.5 Å². The molecule has 5 rings (SSSR count). The van der Waals surface area contributed by atoms with Gasteiger partial charge in [0.15, 0.2) is 36.2 Å². The van der Waals surface area contributed by atoms with Crippen LogP contribution in [0.3, 0.4) is 0 Å². The summed E-state index contributed by atoms with van der Waals surface area (Å²) < 4.78 is 52.0. The van der Waals surface area contributed by atoms with Crippen molar-refractivity contribution in [1.82, 2.24) is 19.5 Å². The Morgan fingerprint density at radius 2 is 1.61 bits per heavy atom. The fourth-order valence-corrected chi connectivity index (χ4v) is 6.67. The van der Waals surface area contributed by atoms with Crippen LogP contribution < -0.4 is 16.0 Å². The third kappa shape index (κ3) is 6.65. The maximum Gasteiger partial charge on any atom is 0.481 e. The lowest BCUT2D eigenvalue weighted by Gasteiger charge is -2.20. The van der Waals surface area contributed by atoms with E-state index in [0.717, 1.165) is 6.33 Å². The Bertz CT molecular complexity index is 1630. The molecule has 0 radical (unpaired) electrons. The van der Waals surface area contributed by atoms with E-state index in [-0.39, 0.29) is 22.5 Å². The number of hydrogen-bond donors (Lipinski definition) is 8. The number of phosphoric acid groups is 2. The Morgan fingerprint density at radius 1 is 0.977 bits per heavy atom. The standard InChI is InChI=1S/C21H27N7O14P2/c22-17-12-19(25-7-24-17)28(8-26-12)21-16(32)14(30)11(41-21)6-39-44(36,37)42-43(34,35)38-5-10-13(29)15(31)20(40-10)27-3-1-2-9(4-27)18(23)33/h1-4,7-8,10-11,13-16,20-21,29-32H,5-6H2,(H5-,22,23,24,25,33,34,35,36,37)/p+1/t10-,11-,13-,14+,15+,16-,20-,21-/m1/s1. The van der Waals surface area contributed by atoms with Crippen molar-refractivity contribution in [2.75, 3.05) is 18.9 Å². The van der Waals surface area contributed by atoms with Crippen LogP contribution in [0.4, 0.5) is 5.82 Å². The molecule has 5 heterocycles. The molecule has 0 spiro atoms. The summed E-state index contributed by atoms with van der Waals surface area (Å²) in [5.74, 6) is -0.714. The van der Waals surface area contributed by atoms with Crippen molar-refractivity contribution in [2.45, 2.75) is 49.1 Å². The average Bonchev–Trinajstić information content (AvgIpc) is 3.61. The molecular formula is C21H28N7O14P2+. The largest absolute Gasteiger partial charge is 0.481 e. The van der Waals surface area contributed by atoms with Crippen LogP contribution >= 0.6 is 15.6 Å². The van der Waals surface area contributed by atoms with E-state index >= 15 is 0 Å². The minimum absolute atomic E-state index is 0.0505. The van der Waals surface area contributed by atoms with Gasteiger partial charge in [-0.1, -0.05) is 0 Å². The van der Waals surface area contributed by atoms with Crippen LogP contribution in [0.2, 0.25) is 0 Å². The molecule has 23 heteroatoms. The predicted molar refractivity (Wildman–Crippen MR) is 139 cm³/mol. The van der Waals surface area contributed by atoms with E-state index in [1.54, 1.807) is 0 Å². The number of aromatic nitrogens is 5. The van der Waals surface area contributed by atoms with Gasteiger partial charge < -0.3 is 51.2 Å². The number of fused-ring (bicyclic) bond motifs is 1. The van der Waals surface area contributed by atoms with Crippen molar-refractivity contribution in [2.24, 2.45) is 5.73 Å². The summed E-state index contributed by atoms with van der Waals surface area (Å²) in [7, 11) is -10.7. The number of rotatable bonds is 11. The van der Waals surface area contributed by atoms with E-state index in [9.17, 15) is 44.1 Å². The van der Waals surface area contributed by atoms with Gasteiger partial charge in [0.1, 0.15) is 47.9 Å². The van der Waals surface area contributed by atoms with E-state index in [1.165, 1.54) is 40.0 Å². The number of phosphoric ester groups is 2. The summed E-state index contributed by atoms with van der Waals surface area (Å²) in [5.41, 5.74) is 11.4. The maximum atomic E-state index is 12.4. The molecule has 0 aliphatic carbocycles. The number of imidazole rings is 1. The molecule has 1 amide bonds. The number of hydrogen-bond acceptors (Lipinski definition) is 16. The number of nitrogens with zero attached hydrogens (tertiary/aromatic N) is 5. The molecule has 0 aromatic carbocycles. The molecule has 3 aromatic heterocycles. The number of carbonyl (C=O) groups excluding carboxylic acids is 1. The summed E-state index contributed by atoms with van der Waals surface area (Å²) in [6.07, 6.45) is -6.85. The minimum Gasteiger partial charge on any atom is -0.387 e. The van der Waals surface area contributed by atoms with Gasteiger partial charge in [0.2, 0.25) is 0 Å². The Balaban J connectivity index is 1.16. The molecule has 2 aliphatic heterocycles. The molecule has 2 saturated heterocycles. The summed E-state index contributed by atoms with van der Waals surface area (Å²) in [5, 5.41) is 41.6. The van der Waals surface area contributed by atoms with E-state index in [2.05, 4.69) is 23.8 Å². The topological polar surface area (TPSA) is 318 Å². The number of aliphatic hydroxyl groups is 4. The van der Waals surface area contributed by atoms with Crippen LogP contribution in [-0.4, -0.2) is 105 Å². The first kappa shape index (κ1) is 32.4. The van der Waals surface area contributed by atoms with Gasteiger partial charge in [0.05, 0.1) is 19.5 Å². The molecule has 10 atom stereocenters. The van der Waals surface area contributed by atoms with Crippen molar-refractivity contribution in [3.63, 3.8) is 0 Å². The van der Waals surface area contributed by atoms with Crippen molar-refractivity contribution in [1.29, 1.82) is 0 Å². The average molecular weight is 664 g/mol. The molecule has 0 bridgehead atoms. The Hall–Kier alpha value is -3.01. The molecule has 44 heavy (non-hydrogen) atoms. The summed E-state index contributed by atoms with van der Waals surface area (Å²) in [4.78, 5) is 43.3. The SMILES string of the molecule is NC(=O)c1ccc[n+]([C@@H]2O[C@H](COP(=O)(O)OP(=O)(O)OC[C@H]3O[C@@H](n4cnc5c(N)ncnc54)[C@H](O)[C@H]3O)[C@@H](O)[C@@H]2O)c1. The molecule has 2 fully saturated rings. The normalized spacial score (nSPS) is 31.6. The molecule has 240 valence electrons. The van der Waals surface area contributed by atoms with E-state index in [0.29, 0.717) is 0 Å². The van der Waals surface area contributed by atoms with Crippen LogP contribution in [0.1, 0.15) is 22.8 Å². The molecule has 10 N–H and O–H groups in total. The predicted octanol–water partition coefficient (Wildman–Crippen LogP) is -3.02. The Kier molecular flexibility index (Phi) is 9.13. The summed E-state index contributed by atoms with van der Waals surface area (Å²) >= 11 is 0. The summed E-state index contributed by atoms with van der Waals surface area (Å²) in [6, 6.07) is 2.83. The van der Waals surface area contributed by atoms with Crippen LogP contribution in [-0.2, 0) is 32.0 Å². The highest BCUT2D eigenvalue weighted by molar-refractivity contribution is 7.61. The van der Waals surface area contributed by atoms with E-state index in [4.69, 9.17) is 25.5 Å².